The van der Waals surface area contributed by atoms with Crippen molar-refractivity contribution in [3.05, 3.63) is 29.8 Å². The highest BCUT2D eigenvalue weighted by Crippen LogP contribution is 2.11. The van der Waals surface area contributed by atoms with E-state index in [0.717, 1.165) is 18.8 Å². The number of rotatable bonds is 5. The zero-order valence-electron chi connectivity index (χ0n) is 8.96. The molecule has 0 heterocycles. The van der Waals surface area contributed by atoms with Crippen molar-refractivity contribution in [2.75, 3.05) is 32.5 Å². The van der Waals surface area contributed by atoms with Crippen LogP contribution in [0.5, 0.6) is 0 Å². The van der Waals surface area contributed by atoms with Gasteiger partial charge >= 0.3 is 0 Å². The van der Waals surface area contributed by atoms with Crippen LogP contribution in [0.4, 0.5) is 5.69 Å². The van der Waals surface area contributed by atoms with Crippen molar-refractivity contribution >= 4 is 5.69 Å². The predicted octanol–water partition coefficient (Wildman–Crippen LogP) is 1.12. The van der Waals surface area contributed by atoms with Crippen molar-refractivity contribution in [2.45, 2.75) is 6.54 Å². The summed E-state index contributed by atoms with van der Waals surface area (Å²) in [5.74, 6) is 0. The molecular formula is C11H19N3. The first-order chi connectivity index (χ1) is 6.72. The molecule has 0 aromatic heterocycles. The van der Waals surface area contributed by atoms with Gasteiger partial charge < -0.3 is 16.0 Å². The first-order valence-corrected chi connectivity index (χ1v) is 4.90. The summed E-state index contributed by atoms with van der Waals surface area (Å²) in [6.07, 6.45) is 0. The monoisotopic (exact) mass is 193 g/mol. The van der Waals surface area contributed by atoms with Crippen molar-refractivity contribution in [1.82, 2.24) is 4.90 Å². The smallest absolute Gasteiger partial charge is 0.0343 e. The number of benzene rings is 1. The van der Waals surface area contributed by atoms with E-state index in [-0.39, 0.29) is 0 Å². The Hall–Kier alpha value is -1.06. The number of nitrogens with two attached hydrogens (primary N) is 1. The molecule has 78 valence electrons. The van der Waals surface area contributed by atoms with E-state index < -0.39 is 0 Å². The Kier molecular flexibility index (Phi) is 4.43. The van der Waals surface area contributed by atoms with Crippen molar-refractivity contribution in [3.63, 3.8) is 0 Å². The Morgan fingerprint density at radius 1 is 1.36 bits per heavy atom. The number of hydrogen-bond acceptors (Lipinski definition) is 3. The van der Waals surface area contributed by atoms with E-state index >= 15 is 0 Å². The molecule has 3 N–H and O–H groups in total. The second-order valence-corrected chi connectivity index (χ2v) is 3.65. The fourth-order valence-electron chi connectivity index (χ4n) is 1.36. The van der Waals surface area contributed by atoms with Gasteiger partial charge in [0.1, 0.15) is 0 Å². The van der Waals surface area contributed by atoms with Crippen LogP contribution >= 0.6 is 0 Å². The van der Waals surface area contributed by atoms with Crippen LogP contribution in [0, 0.1) is 0 Å². The summed E-state index contributed by atoms with van der Waals surface area (Å²) in [5.41, 5.74) is 7.89. The average molecular weight is 193 g/mol. The molecule has 0 saturated heterocycles. The lowest BCUT2D eigenvalue weighted by Gasteiger charge is -2.11. The summed E-state index contributed by atoms with van der Waals surface area (Å²) in [6, 6.07) is 8.43. The standard InChI is InChI=1S/C11H19N3/c1-14(2)9-10-4-3-5-11(8-10)13-7-6-12/h3-5,8,13H,6-7,9,12H2,1-2H3. The van der Waals surface area contributed by atoms with Crippen LogP contribution in [-0.4, -0.2) is 32.1 Å². The quantitative estimate of drug-likeness (QED) is 0.736. The van der Waals surface area contributed by atoms with Crippen LogP contribution in [0.2, 0.25) is 0 Å². The molecule has 3 nitrogen and oxygen atoms in total. The van der Waals surface area contributed by atoms with Gasteiger partial charge in [-0.2, -0.15) is 0 Å². The maximum Gasteiger partial charge on any atom is 0.0343 e. The molecule has 14 heavy (non-hydrogen) atoms. The molecule has 0 aliphatic carbocycles. The average Bonchev–Trinajstić information content (AvgIpc) is 2.14. The van der Waals surface area contributed by atoms with Gasteiger partial charge in [-0.1, -0.05) is 12.1 Å². The molecule has 0 unspecified atom stereocenters. The Morgan fingerprint density at radius 2 is 2.14 bits per heavy atom. The van der Waals surface area contributed by atoms with Gasteiger partial charge in [0.2, 0.25) is 0 Å². The Labute approximate surface area is 85.9 Å². The van der Waals surface area contributed by atoms with Crippen LogP contribution in [0.15, 0.2) is 24.3 Å². The zero-order chi connectivity index (χ0) is 10.4. The summed E-state index contributed by atoms with van der Waals surface area (Å²) >= 11 is 0. The minimum absolute atomic E-state index is 0.665. The summed E-state index contributed by atoms with van der Waals surface area (Å²) in [7, 11) is 4.14. The molecule has 0 fully saturated rings. The van der Waals surface area contributed by atoms with Gasteiger partial charge in [0.25, 0.3) is 0 Å². The summed E-state index contributed by atoms with van der Waals surface area (Å²) < 4.78 is 0. The number of hydrogen-bond donors (Lipinski definition) is 2. The first kappa shape index (κ1) is 11.0. The third-order valence-electron chi connectivity index (χ3n) is 1.90. The third-order valence-corrected chi connectivity index (χ3v) is 1.90. The van der Waals surface area contributed by atoms with E-state index in [1.165, 1.54) is 5.56 Å². The highest BCUT2D eigenvalue weighted by molar-refractivity contribution is 5.45. The van der Waals surface area contributed by atoms with Crippen LogP contribution < -0.4 is 11.1 Å². The van der Waals surface area contributed by atoms with Gasteiger partial charge in [0.15, 0.2) is 0 Å². The molecule has 0 spiro atoms. The van der Waals surface area contributed by atoms with Crippen molar-refractivity contribution in [2.24, 2.45) is 5.73 Å². The van der Waals surface area contributed by atoms with E-state index in [1.54, 1.807) is 0 Å². The van der Waals surface area contributed by atoms with Crippen molar-refractivity contribution in [3.8, 4) is 0 Å². The molecule has 0 bridgehead atoms. The van der Waals surface area contributed by atoms with Gasteiger partial charge in [-0.15, -0.1) is 0 Å². The maximum absolute atomic E-state index is 5.42. The highest BCUT2D eigenvalue weighted by Gasteiger charge is 1.96. The largest absolute Gasteiger partial charge is 0.384 e. The number of nitrogens with zero attached hydrogens (tertiary/aromatic N) is 1. The van der Waals surface area contributed by atoms with E-state index in [4.69, 9.17) is 5.73 Å². The van der Waals surface area contributed by atoms with Gasteiger partial charge in [-0.05, 0) is 31.8 Å². The molecule has 0 aliphatic heterocycles. The Bertz CT molecular complexity index is 271. The lowest BCUT2D eigenvalue weighted by molar-refractivity contribution is 0.402. The van der Waals surface area contributed by atoms with Crippen molar-refractivity contribution in [1.29, 1.82) is 0 Å². The summed E-state index contributed by atoms with van der Waals surface area (Å²) in [4.78, 5) is 2.15. The second-order valence-electron chi connectivity index (χ2n) is 3.65. The van der Waals surface area contributed by atoms with E-state index in [1.807, 2.05) is 0 Å². The predicted molar refractivity (Wildman–Crippen MR) is 61.4 cm³/mol. The molecule has 1 rings (SSSR count). The SMILES string of the molecule is CN(C)Cc1cccc(NCCN)c1. The highest BCUT2D eigenvalue weighted by atomic mass is 15.0. The maximum atomic E-state index is 5.42. The lowest BCUT2D eigenvalue weighted by atomic mass is 10.2. The van der Waals surface area contributed by atoms with E-state index in [2.05, 4.69) is 48.6 Å². The third kappa shape index (κ3) is 3.77. The summed E-state index contributed by atoms with van der Waals surface area (Å²) in [6.45, 7) is 2.46. The molecule has 1 aromatic rings. The fraction of sp³-hybridized carbons (Fsp3) is 0.455. The van der Waals surface area contributed by atoms with Crippen molar-refractivity contribution < 1.29 is 0 Å². The van der Waals surface area contributed by atoms with Gasteiger partial charge in [-0.25, -0.2) is 0 Å². The molecule has 0 aliphatic rings. The normalized spacial score (nSPS) is 10.6. The second kappa shape index (κ2) is 5.62. The fourth-order valence-corrected chi connectivity index (χ4v) is 1.36. The molecule has 0 amide bonds. The van der Waals surface area contributed by atoms with E-state index in [0.29, 0.717) is 6.54 Å². The van der Waals surface area contributed by atoms with Gasteiger partial charge in [-0.3, -0.25) is 0 Å². The Balaban J connectivity index is 2.59. The van der Waals surface area contributed by atoms with E-state index in [9.17, 15) is 0 Å². The van der Waals surface area contributed by atoms with Crippen LogP contribution in [-0.2, 0) is 6.54 Å². The Morgan fingerprint density at radius 3 is 2.79 bits per heavy atom. The summed E-state index contributed by atoms with van der Waals surface area (Å²) in [5, 5.41) is 3.26. The van der Waals surface area contributed by atoms with Gasteiger partial charge in [0.05, 0.1) is 0 Å². The van der Waals surface area contributed by atoms with Gasteiger partial charge in [0, 0.05) is 25.3 Å². The minimum Gasteiger partial charge on any atom is -0.384 e. The number of anilines is 1. The minimum atomic E-state index is 0.665. The molecule has 0 saturated carbocycles. The van der Waals surface area contributed by atoms with Crippen LogP contribution in [0.25, 0.3) is 0 Å². The van der Waals surface area contributed by atoms with Crippen LogP contribution in [0.3, 0.4) is 0 Å². The molecular weight excluding hydrogens is 174 g/mol. The first-order valence-electron chi connectivity index (χ1n) is 4.90. The molecule has 3 heteroatoms. The number of nitrogens with one attached hydrogen (secondary N) is 1. The van der Waals surface area contributed by atoms with Crippen LogP contribution in [0.1, 0.15) is 5.56 Å². The molecule has 1 aromatic carbocycles. The molecule has 0 atom stereocenters. The molecule has 0 radical (unpaired) electrons. The lowest BCUT2D eigenvalue weighted by Crippen LogP contribution is -2.14. The zero-order valence-corrected chi connectivity index (χ0v) is 8.96. The topological polar surface area (TPSA) is 41.3 Å².